The second kappa shape index (κ2) is 16.7. The Labute approximate surface area is 243 Å². The van der Waals surface area contributed by atoms with Gasteiger partial charge in [0.25, 0.3) is 0 Å². The summed E-state index contributed by atoms with van der Waals surface area (Å²) >= 11 is 3.73. The maximum atomic E-state index is 12.1. The number of aryl methyl sites for hydroxylation is 1. The van der Waals surface area contributed by atoms with Gasteiger partial charge in [-0.15, -0.1) is 0 Å². The highest BCUT2D eigenvalue weighted by molar-refractivity contribution is 9.12. The maximum absolute atomic E-state index is 12.1. The zero-order valence-corrected chi connectivity index (χ0v) is 25.9. The van der Waals surface area contributed by atoms with Gasteiger partial charge in [-0.3, -0.25) is 4.79 Å². The molecule has 2 N–H and O–H groups in total. The van der Waals surface area contributed by atoms with Crippen LogP contribution in [0.2, 0.25) is 0 Å². The van der Waals surface area contributed by atoms with Crippen LogP contribution in [0.1, 0.15) is 52.0 Å². The average Bonchev–Trinajstić information content (AvgIpc) is 3.15. The zero-order valence-electron chi connectivity index (χ0n) is 24.3. The van der Waals surface area contributed by atoms with Crippen molar-refractivity contribution in [1.82, 2.24) is 15.1 Å². The smallest absolute Gasteiger partial charge is 0.248 e. The Kier molecular flexibility index (Phi) is 13.3. The van der Waals surface area contributed by atoms with E-state index in [1.807, 2.05) is 18.0 Å². The van der Waals surface area contributed by atoms with Crippen molar-refractivity contribution in [2.45, 2.75) is 52.9 Å². The monoisotopic (exact) mass is 602 g/mol. The molecule has 39 heavy (non-hydrogen) atoms. The molecule has 1 aromatic rings. The van der Waals surface area contributed by atoms with Gasteiger partial charge in [0.05, 0.1) is 4.48 Å². The Hall–Kier alpha value is -2.36. The minimum absolute atomic E-state index is 0.0906. The number of rotatable bonds is 12. The first-order valence-corrected chi connectivity index (χ1v) is 15.2. The Morgan fingerprint density at radius 2 is 1.97 bits per heavy atom. The van der Waals surface area contributed by atoms with E-state index in [9.17, 15) is 4.79 Å². The number of amidine groups is 1. The summed E-state index contributed by atoms with van der Waals surface area (Å²) in [6, 6.07) is 6.71. The summed E-state index contributed by atoms with van der Waals surface area (Å²) in [5, 5.41) is 7.04. The lowest BCUT2D eigenvalue weighted by atomic mass is 10.1. The second-order valence-corrected chi connectivity index (χ2v) is 11.1. The summed E-state index contributed by atoms with van der Waals surface area (Å²) in [6.07, 6.45) is 8.85. The first kappa shape index (κ1) is 31.2. The highest BCUT2D eigenvalue weighted by Crippen LogP contribution is 2.25. The molecule has 0 saturated carbocycles. The molecule has 0 bridgehead atoms. The van der Waals surface area contributed by atoms with Gasteiger partial charge < -0.3 is 30.1 Å². The number of anilines is 2. The molecule has 2 aliphatic rings. The molecule has 1 aromatic carbocycles. The molecule has 2 fully saturated rings. The van der Waals surface area contributed by atoms with Gasteiger partial charge in [-0.2, -0.15) is 0 Å². The minimum Gasteiger partial charge on any atom is -0.384 e. The summed E-state index contributed by atoms with van der Waals surface area (Å²) < 4.78 is 6.25. The first-order chi connectivity index (χ1) is 18.9. The number of carbonyl (C=O) groups excluding carboxylic acids is 1. The van der Waals surface area contributed by atoms with Crippen molar-refractivity contribution >= 4 is 39.0 Å². The van der Waals surface area contributed by atoms with Crippen LogP contribution in [0.4, 0.5) is 11.4 Å². The molecule has 0 spiro atoms. The van der Waals surface area contributed by atoms with E-state index in [2.05, 4.69) is 81.5 Å². The summed E-state index contributed by atoms with van der Waals surface area (Å²) in [6.45, 7) is 13.9. The standard InChI is InChI=1S/C30H47BrN6O2/c1-5-7-10-29(32-13-8-14-37-15-9-20-39-23-30(37)38)27(31)22-33-24(3)34-28-12-11-26(21-25(28)6-2)36-18-16-35(4)17-19-36/h10-12,21-22,32H,5-9,13-20,23H2,1-4H3,(H,33,34)/b27-22+,29-10-. The molecule has 0 aliphatic carbocycles. The van der Waals surface area contributed by atoms with Crippen LogP contribution in [0, 0.1) is 0 Å². The van der Waals surface area contributed by atoms with Gasteiger partial charge >= 0.3 is 0 Å². The van der Waals surface area contributed by atoms with Gasteiger partial charge in [0.15, 0.2) is 0 Å². The van der Waals surface area contributed by atoms with E-state index >= 15 is 0 Å². The van der Waals surface area contributed by atoms with Crippen LogP contribution >= 0.6 is 15.9 Å². The van der Waals surface area contributed by atoms with Gasteiger partial charge in [-0.05, 0) is 79.3 Å². The molecule has 0 atom stereocenters. The van der Waals surface area contributed by atoms with Crippen LogP contribution in [0.3, 0.4) is 0 Å². The van der Waals surface area contributed by atoms with E-state index in [4.69, 9.17) is 9.73 Å². The molecule has 3 rings (SSSR count). The van der Waals surface area contributed by atoms with Crippen LogP contribution in [0.15, 0.2) is 45.6 Å². The lowest BCUT2D eigenvalue weighted by molar-refractivity contribution is -0.133. The summed E-state index contributed by atoms with van der Waals surface area (Å²) in [5.41, 5.74) is 4.73. The molecule has 2 aliphatic heterocycles. The molecule has 9 heteroatoms. The molecule has 0 unspecified atom stereocenters. The van der Waals surface area contributed by atoms with Crippen molar-refractivity contribution in [2.75, 3.05) is 76.3 Å². The minimum atomic E-state index is 0.0906. The Morgan fingerprint density at radius 1 is 1.18 bits per heavy atom. The summed E-state index contributed by atoms with van der Waals surface area (Å²) in [5.74, 6) is 0.929. The van der Waals surface area contributed by atoms with Crippen molar-refractivity contribution in [2.24, 2.45) is 4.99 Å². The molecule has 2 saturated heterocycles. The lowest BCUT2D eigenvalue weighted by Gasteiger charge is -2.34. The van der Waals surface area contributed by atoms with Crippen molar-refractivity contribution in [1.29, 1.82) is 0 Å². The molecule has 0 aromatic heterocycles. The van der Waals surface area contributed by atoms with Crippen molar-refractivity contribution in [3.05, 3.63) is 46.2 Å². The number of amides is 1. The zero-order chi connectivity index (χ0) is 28.0. The number of unbranched alkanes of at least 4 members (excludes halogenated alkanes) is 1. The number of nitrogens with zero attached hydrogens (tertiary/aromatic N) is 4. The van der Waals surface area contributed by atoms with Gasteiger partial charge in [0.2, 0.25) is 5.91 Å². The number of hydrogen-bond acceptors (Lipinski definition) is 6. The van der Waals surface area contributed by atoms with Crippen molar-refractivity contribution in [3.63, 3.8) is 0 Å². The van der Waals surface area contributed by atoms with E-state index < -0.39 is 0 Å². The van der Waals surface area contributed by atoms with Crippen LogP contribution in [-0.4, -0.2) is 87.6 Å². The number of ether oxygens (including phenoxy) is 1. The molecule has 1 amide bonds. The number of likely N-dealkylation sites (N-methyl/N-ethyl adjacent to an activating group) is 1. The van der Waals surface area contributed by atoms with Crippen LogP contribution in [0.25, 0.3) is 0 Å². The van der Waals surface area contributed by atoms with E-state index in [0.717, 1.165) is 99.6 Å². The lowest BCUT2D eigenvalue weighted by Crippen LogP contribution is -2.44. The van der Waals surface area contributed by atoms with Gasteiger partial charge in [-0.1, -0.05) is 26.3 Å². The predicted molar refractivity (Wildman–Crippen MR) is 167 cm³/mol. The molecule has 8 nitrogen and oxygen atoms in total. The molecule has 216 valence electrons. The topological polar surface area (TPSA) is 72.4 Å². The third-order valence-corrected chi connectivity index (χ3v) is 7.77. The normalized spacial score (nSPS) is 18.4. The number of benzene rings is 1. The van der Waals surface area contributed by atoms with Gasteiger partial charge in [0, 0.05) is 75.7 Å². The third kappa shape index (κ3) is 10.3. The molecule has 0 radical (unpaired) electrons. The number of nitrogens with one attached hydrogen (secondary N) is 2. The van der Waals surface area contributed by atoms with Crippen LogP contribution in [-0.2, 0) is 16.0 Å². The number of halogens is 1. The SMILES string of the molecule is CCC/C=C(NCCCN1CCCOCC1=O)/C(Br)=C\N=C(C)Nc1ccc(N2CCN(C)CC2)cc1CC. The van der Waals surface area contributed by atoms with E-state index in [-0.39, 0.29) is 12.5 Å². The number of piperazine rings is 1. The highest BCUT2D eigenvalue weighted by atomic mass is 79.9. The molecular formula is C30H47BrN6O2. The average molecular weight is 604 g/mol. The number of allylic oxidation sites excluding steroid dienone is 2. The van der Waals surface area contributed by atoms with E-state index in [0.29, 0.717) is 6.61 Å². The Morgan fingerprint density at radius 3 is 2.72 bits per heavy atom. The van der Waals surface area contributed by atoms with Crippen molar-refractivity contribution < 1.29 is 9.53 Å². The maximum Gasteiger partial charge on any atom is 0.248 e. The quantitative estimate of drug-likeness (QED) is 0.152. The van der Waals surface area contributed by atoms with E-state index in [1.54, 1.807) is 0 Å². The number of carbonyl (C=O) groups is 1. The Balaban J connectivity index is 1.57. The molecular weight excluding hydrogens is 556 g/mol. The van der Waals surface area contributed by atoms with E-state index in [1.165, 1.54) is 11.3 Å². The van der Waals surface area contributed by atoms with Gasteiger partial charge in [-0.25, -0.2) is 4.99 Å². The summed E-state index contributed by atoms with van der Waals surface area (Å²) in [4.78, 5) is 23.6. The van der Waals surface area contributed by atoms with Crippen molar-refractivity contribution in [3.8, 4) is 0 Å². The predicted octanol–water partition coefficient (Wildman–Crippen LogP) is 4.98. The van der Waals surface area contributed by atoms with Crippen LogP contribution in [0.5, 0.6) is 0 Å². The number of aliphatic imine (C=N–C) groups is 1. The molecule has 2 heterocycles. The summed E-state index contributed by atoms with van der Waals surface area (Å²) in [7, 11) is 2.19. The first-order valence-electron chi connectivity index (χ1n) is 14.4. The highest BCUT2D eigenvalue weighted by Gasteiger charge is 2.17. The van der Waals surface area contributed by atoms with Crippen LogP contribution < -0.4 is 15.5 Å². The van der Waals surface area contributed by atoms with Gasteiger partial charge in [0.1, 0.15) is 12.4 Å². The fraction of sp³-hybridized carbons (Fsp3) is 0.600. The second-order valence-electron chi connectivity index (χ2n) is 10.3. The fourth-order valence-corrected chi connectivity index (χ4v) is 5.12. The largest absolute Gasteiger partial charge is 0.384 e. The Bertz CT molecular complexity index is 1020. The number of hydrogen-bond donors (Lipinski definition) is 2. The fourth-order valence-electron chi connectivity index (χ4n) is 4.71. The third-order valence-electron chi connectivity index (χ3n) is 7.13.